The van der Waals surface area contributed by atoms with Crippen LogP contribution in [0, 0.1) is 0 Å². The predicted octanol–water partition coefficient (Wildman–Crippen LogP) is 9.17. The van der Waals surface area contributed by atoms with Gasteiger partial charge in [-0.1, -0.05) is 155 Å². The fourth-order valence-corrected chi connectivity index (χ4v) is 6.08. The molecule has 48 heavy (non-hydrogen) atoms. The highest BCUT2D eigenvalue weighted by Crippen LogP contribution is 2.43. The van der Waals surface area contributed by atoms with Gasteiger partial charge in [-0.05, 0) is 12.8 Å². The number of rotatable bonds is 36. The van der Waals surface area contributed by atoms with Crippen LogP contribution in [-0.4, -0.2) is 59.9 Å². The number of carbonyl (C=O) groups is 3. The molecule has 0 spiro atoms. The lowest BCUT2D eigenvalue weighted by molar-refractivity contribution is -0.161. The first-order valence-corrected chi connectivity index (χ1v) is 20.6. The van der Waals surface area contributed by atoms with E-state index in [-0.39, 0.29) is 19.4 Å². The van der Waals surface area contributed by atoms with E-state index >= 15 is 0 Å². The third-order valence-electron chi connectivity index (χ3n) is 8.36. The van der Waals surface area contributed by atoms with E-state index < -0.39 is 51.1 Å². The zero-order valence-corrected chi connectivity index (χ0v) is 31.2. The van der Waals surface area contributed by atoms with Gasteiger partial charge in [-0.15, -0.1) is 0 Å². The average Bonchev–Trinajstić information content (AvgIpc) is 3.05. The zero-order valence-electron chi connectivity index (χ0n) is 30.3. The van der Waals surface area contributed by atoms with Gasteiger partial charge in [0.15, 0.2) is 6.10 Å². The molecule has 0 aliphatic rings. The van der Waals surface area contributed by atoms with Crippen molar-refractivity contribution < 1.29 is 47.5 Å². The Morgan fingerprint density at radius 1 is 0.562 bits per heavy atom. The van der Waals surface area contributed by atoms with E-state index in [4.69, 9.17) is 24.8 Å². The van der Waals surface area contributed by atoms with Gasteiger partial charge in [0, 0.05) is 12.8 Å². The van der Waals surface area contributed by atoms with Crippen molar-refractivity contribution in [2.24, 2.45) is 5.73 Å². The number of phosphoric ester groups is 1. The quantitative estimate of drug-likeness (QED) is 0.0322. The van der Waals surface area contributed by atoms with Crippen molar-refractivity contribution in [3.05, 3.63) is 0 Å². The van der Waals surface area contributed by atoms with Crippen LogP contribution in [0.2, 0.25) is 0 Å². The van der Waals surface area contributed by atoms with E-state index in [1.54, 1.807) is 0 Å². The predicted molar refractivity (Wildman–Crippen MR) is 190 cm³/mol. The van der Waals surface area contributed by atoms with Crippen LogP contribution in [0.4, 0.5) is 0 Å². The van der Waals surface area contributed by atoms with Crippen LogP contribution in [0.1, 0.15) is 181 Å². The minimum atomic E-state index is -4.70. The maximum Gasteiger partial charge on any atom is 0.472 e. The molecule has 0 rings (SSSR count). The van der Waals surface area contributed by atoms with Crippen molar-refractivity contribution in [1.82, 2.24) is 0 Å². The summed E-state index contributed by atoms with van der Waals surface area (Å²) in [6.07, 6.45) is 27.6. The van der Waals surface area contributed by atoms with Crippen LogP contribution in [0.15, 0.2) is 0 Å². The summed E-state index contributed by atoms with van der Waals surface area (Å²) in [6, 6.07) is -1.51. The maximum atomic E-state index is 12.5. The molecule has 0 radical (unpaired) electrons. The molecule has 0 aromatic rings. The summed E-state index contributed by atoms with van der Waals surface area (Å²) in [7, 11) is -4.70. The number of hydrogen-bond donors (Lipinski definition) is 3. The molecule has 12 heteroatoms. The highest BCUT2D eigenvalue weighted by Gasteiger charge is 2.28. The molecule has 0 aliphatic heterocycles. The Balaban J connectivity index is 4.31. The van der Waals surface area contributed by atoms with E-state index in [2.05, 4.69) is 18.4 Å². The molecule has 0 bridgehead atoms. The van der Waals surface area contributed by atoms with E-state index in [1.807, 2.05) is 0 Å². The molecule has 3 atom stereocenters. The van der Waals surface area contributed by atoms with Crippen molar-refractivity contribution in [2.75, 3.05) is 19.8 Å². The number of aliphatic carboxylic acids is 1. The number of hydrogen-bond acceptors (Lipinski definition) is 9. The van der Waals surface area contributed by atoms with Gasteiger partial charge in [-0.2, -0.15) is 0 Å². The number of carboxylic acid groups (broad SMARTS) is 1. The van der Waals surface area contributed by atoms with Crippen LogP contribution in [0.5, 0.6) is 0 Å². The van der Waals surface area contributed by atoms with Gasteiger partial charge < -0.3 is 25.2 Å². The van der Waals surface area contributed by atoms with E-state index in [0.717, 1.165) is 38.5 Å². The molecule has 0 aliphatic carbocycles. The van der Waals surface area contributed by atoms with Gasteiger partial charge in [0.05, 0.1) is 13.2 Å². The minimum absolute atomic E-state index is 0.166. The molecular weight excluding hydrogens is 637 g/mol. The maximum absolute atomic E-state index is 12.5. The lowest BCUT2D eigenvalue weighted by atomic mass is 10.0. The minimum Gasteiger partial charge on any atom is -0.480 e. The van der Waals surface area contributed by atoms with Crippen LogP contribution in [0.3, 0.4) is 0 Å². The van der Waals surface area contributed by atoms with Crippen molar-refractivity contribution >= 4 is 25.7 Å². The molecule has 1 unspecified atom stereocenters. The fraction of sp³-hybridized carbons (Fsp3) is 0.917. The Morgan fingerprint density at radius 3 is 1.31 bits per heavy atom. The first-order chi connectivity index (χ1) is 23.1. The van der Waals surface area contributed by atoms with Gasteiger partial charge in [-0.25, -0.2) is 4.57 Å². The number of carboxylic acids is 1. The van der Waals surface area contributed by atoms with E-state index in [9.17, 15) is 23.8 Å². The largest absolute Gasteiger partial charge is 0.480 e. The fourth-order valence-electron chi connectivity index (χ4n) is 5.30. The standard InChI is InChI=1S/C36H70NO10P/c1-3-5-7-9-11-13-14-15-16-17-18-19-20-22-23-25-27-34(38)44-29-32(30-45-48(42,43)46-31-33(37)36(40)41)47-35(39)28-26-24-21-12-10-8-6-4-2/h32-33H,3-31,37H2,1-2H3,(H,40,41)(H,42,43)/t32-,33+/m0/s1. The summed E-state index contributed by atoms with van der Waals surface area (Å²) in [5.74, 6) is -2.37. The Kier molecular flexibility index (Phi) is 31.6. The highest BCUT2D eigenvalue weighted by atomic mass is 31.2. The Hall–Kier alpha value is -1.52. The Labute approximate surface area is 291 Å². The molecule has 4 N–H and O–H groups in total. The summed E-state index contributed by atoms with van der Waals surface area (Å²) < 4.78 is 32.5. The SMILES string of the molecule is CCCCCCCCCCCCCCCCCCC(=O)OC[C@@H](COP(=O)(O)OC[C@@H](N)C(=O)O)OC(=O)CCCCCCCCCC. The van der Waals surface area contributed by atoms with Gasteiger partial charge in [0.2, 0.25) is 0 Å². The number of nitrogens with two attached hydrogens (primary N) is 1. The number of phosphoric acid groups is 1. The summed E-state index contributed by atoms with van der Waals surface area (Å²) in [5, 5.41) is 8.84. The van der Waals surface area contributed by atoms with Gasteiger partial charge >= 0.3 is 25.7 Å². The van der Waals surface area contributed by atoms with Crippen molar-refractivity contribution in [2.45, 2.75) is 193 Å². The van der Waals surface area contributed by atoms with E-state index in [0.29, 0.717) is 12.8 Å². The number of unbranched alkanes of at least 4 members (excludes halogenated alkanes) is 22. The normalized spacial score (nSPS) is 13.9. The van der Waals surface area contributed by atoms with Gasteiger partial charge in [0.1, 0.15) is 12.6 Å². The first kappa shape index (κ1) is 46.5. The Bertz CT molecular complexity index is 844. The Morgan fingerprint density at radius 2 is 0.917 bits per heavy atom. The average molecular weight is 708 g/mol. The number of carbonyl (C=O) groups excluding carboxylic acids is 2. The summed E-state index contributed by atoms with van der Waals surface area (Å²) in [5.41, 5.74) is 5.30. The second kappa shape index (κ2) is 32.7. The second-order valence-corrected chi connectivity index (χ2v) is 14.5. The lowest BCUT2D eigenvalue weighted by Crippen LogP contribution is -2.34. The van der Waals surface area contributed by atoms with Crippen molar-refractivity contribution in [3.8, 4) is 0 Å². The first-order valence-electron chi connectivity index (χ1n) is 19.1. The van der Waals surface area contributed by atoms with Crippen molar-refractivity contribution in [1.29, 1.82) is 0 Å². The van der Waals surface area contributed by atoms with Crippen LogP contribution < -0.4 is 5.73 Å². The number of esters is 2. The second-order valence-electron chi connectivity index (χ2n) is 13.1. The third kappa shape index (κ3) is 31.7. The molecule has 11 nitrogen and oxygen atoms in total. The number of ether oxygens (including phenoxy) is 2. The van der Waals surface area contributed by atoms with Crippen LogP contribution >= 0.6 is 7.82 Å². The molecule has 0 fully saturated rings. The zero-order chi connectivity index (χ0) is 35.7. The van der Waals surface area contributed by atoms with Gasteiger partial charge in [-0.3, -0.25) is 23.4 Å². The van der Waals surface area contributed by atoms with Crippen molar-refractivity contribution in [3.63, 3.8) is 0 Å². The van der Waals surface area contributed by atoms with Gasteiger partial charge in [0.25, 0.3) is 0 Å². The molecular formula is C36H70NO10P. The molecule has 0 aromatic heterocycles. The summed E-state index contributed by atoms with van der Waals surface area (Å²) >= 11 is 0. The molecule has 0 aromatic carbocycles. The lowest BCUT2D eigenvalue weighted by Gasteiger charge is -2.20. The molecule has 0 saturated carbocycles. The monoisotopic (exact) mass is 707 g/mol. The van der Waals surface area contributed by atoms with Crippen LogP contribution in [0.25, 0.3) is 0 Å². The third-order valence-corrected chi connectivity index (χ3v) is 9.31. The summed E-state index contributed by atoms with van der Waals surface area (Å²) in [4.78, 5) is 45.6. The van der Waals surface area contributed by atoms with Crippen LogP contribution in [-0.2, 0) is 37.5 Å². The smallest absolute Gasteiger partial charge is 0.472 e. The molecule has 0 heterocycles. The molecule has 0 saturated heterocycles. The topological polar surface area (TPSA) is 172 Å². The molecule has 0 amide bonds. The highest BCUT2D eigenvalue weighted by molar-refractivity contribution is 7.47. The summed E-state index contributed by atoms with van der Waals surface area (Å²) in [6.45, 7) is 2.76. The van der Waals surface area contributed by atoms with E-state index in [1.165, 1.54) is 103 Å². The molecule has 284 valence electrons.